The van der Waals surface area contributed by atoms with Crippen LogP contribution in [0.2, 0.25) is 0 Å². The quantitative estimate of drug-likeness (QED) is 0.854. The van der Waals surface area contributed by atoms with E-state index in [4.69, 9.17) is 4.52 Å². The van der Waals surface area contributed by atoms with Crippen LogP contribution >= 0.6 is 11.8 Å². The minimum absolute atomic E-state index is 0.574. The van der Waals surface area contributed by atoms with Gasteiger partial charge in [0.2, 0.25) is 0 Å². The summed E-state index contributed by atoms with van der Waals surface area (Å²) in [7, 11) is 0. The first-order chi connectivity index (χ1) is 7.28. The molecule has 1 unspecified atom stereocenters. The Labute approximate surface area is 93.5 Å². The number of amidine groups is 1. The van der Waals surface area contributed by atoms with E-state index in [1.54, 1.807) is 11.8 Å². The van der Waals surface area contributed by atoms with Crippen LogP contribution in [0.5, 0.6) is 0 Å². The molecule has 0 spiro atoms. The molecule has 15 heavy (non-hydrogen) atoms. The van der Waals surface area contributed by atoms with Gasteiger partial charge >= 0.3 is 0 Å². The number of aliphatic imine (C=N–C) groups is 1. The van der Waals surface area contributed by atoms with E-state index in [0.717, 1.165) is 28.8 Å². The maximum Gasteiger partial charge on any atom is 0.158 e. The fourth-order valence-corrected chi connectivity index (χ4v) is 2.47. The Bertz CT molecular complexity index is 361. The van der Waals surface area contributed by atoms with E-state index in [-0.39, 0.29) is 0 Å². The molecule has 0 aliphatic carbocycles. The van der Waals surface area contributed by atoms with Gasteiger partial charge in [0, 0.05) is 17.9 Å². The predicted octanol–water partition coefficient (Wildman–Crippen LogP) is 1.95. The highest BCUT2D eigenvalue weighted by molar-refractivity contribution is 8.14. The summed E-state index contributed by atoms with van der Waals surface area (Å²) < 4.78 is 5.08. The van der Waals surface area contributed by atoms with Gasteiger partial charge in [0.1, 0.15) is 6.54 Å². The molecule has 0 aromatic carbocycles. The maximum absolute atomic E-state index is 5.08. The number of hydrogen-bond acceptors (Lipinski definition) is 4. The molecule has 0 saturated carbocycles. The normalized spacial score (nSPS) is 23.3. The van der Waals surface area contributed by atoms with Crippen LogP contribution < -0.4 is 5.32 Å². The zero-order valence-electron chi connectivity index (χ0n) is 8.99. The molecule has 0 amide bonds. The van der Waals surface area contributed by atoms with E-state index < -0.39 is 0 Å². The van der Waals surface area contributed by atoms with E-state index in [1.807, 2.05) is 13.0 Å². The number of thioether (sulfide) groups is 1. The lowest BCUT2D eigenvalue weighted by atomic mass is 10.3. The number of aryl methyl sites for hydroxylation is 1. The first kappa shape index (κ1) is 10.5. The molecule has 1 saturated heterocycles. The minimum atomic E-state index is 0.574. The molecule has 1 aromatic rings. The minimum Gasteiger partial charge on any atom is -0.361 e. The molecule has 2 heterocycles. The summed E-state index contributed by atoms with van der Waals surface area (Å²) in [6.45, 7) is 4.67. The highest BCUT2D eigenvalue weighted by atomic mass is 32.2. The summed E-state index contributed by atoms with van der Waals surface area (Å²) in [5, 5.41) is 8.21. The van der Waals surface area contributed by atoms with Crippen LogP contribution in [0, 0.1) is 6.92 Å². The molecule has 1 N–H and O–H groups in total. The SMILES string of the molecule is CCC1CSC(=NCc2cc(C)no2)N1. The zero-order chi connectivity index (χ0) is 10.7. The van der Waals surface area contributed by atoms with Gasteiger partial charge in [-0.15, -0.1) is 0 Å². The molecular formula is C10H15N3OS. The van der Waals surface area contributed by atoms with E-state index in [2.05, 4.69) is 22.4 Å². The highest BCUT2D eigenvalue weighted by Gasteiger charge is 2.17. The monoisotopic (exact) mass is 225 g/mol. The lowest BCUT2D eigenvalue weighted by Crippen LogP contribution is -2.25. The van der Waals surface area contributed by atoms with Crippen LogP contribution in [0.25, 0.3) is 0 Å². The Hall–Kier alpha value is -0.970. The molecule has 0 bridgehead atoms. The summed E-state index contributed by atoms with van der Waals surface area (Å²) in [5.74, 6) is 1.94. The van der Waals surface area contributed by atoms with Crippen molar-refractivity contribution in [1.29, 1.82) is 0 Å². The number of nitrogens with zero attached hydrogens (tertiary/aromatic N) is 2. The van der Waals surface area contributed by atoms with Crippen molar-refractivity contribution in [2.24, 2.45) is 4.99 Å². The van der Waals surface area contributed by atoms with Crippen LogP contribution in [0.3, 0.4) is 0 Å². The number of hydrogen-bond donors (Lipinski definition) is 1. The van der Waals surface area contributed by atoms with Gasteiger partial charge in [0.15, 0.2) is 10.9 Å². The second-order valence-electron chi connectivity index (χ2n) is 3.62. The number of nitrogens with one attached hydrogen (secondary N) is 1. The Morgan fingerprint density at radius 3 is 3.20 bits per heavy atom. The Morgan fingerprint density at radius 2 is 2.60 bits per heavy atom. The zero-order valence-corrected chi connectivity index (χ0v) is 9.80. The van der Waals surface area contributed by atoms with Crippen LogP contribution in [0.15, 0.2) is 15.6 Å². The first-order valence-electron chi connectivity index (χ1n) is 5.14. The Morgan fingerprint density at radius 1 is 1.73 bits per heavy atom. The molecule has 4 nitrogen and oxygen atoms in total. The number of rotatable bonds is 3. The van der Waals surface area contributed by atoms with Gasteiger partial charge < -0.3 is 9.84 Å². The van der Waals surface area contributed by atoms with Crippen molar-refractivity contribution in [2.45, 2.75) is 32.9 Å². The fraction of sp³-hybridized carbons (Fsp3) is 0.600. The molecule has 1 aliphatic rings. The van der Waals surface area contributed by atoms with Gasteiger partial charge in [-0.1, -0.05) is 23.8 Å². The third-order valence-corrected chi connectivity index (χ3v) is 3.39. The van der Waals surface area contributed by atoms with E-state index >= 15 is 0 Å². The molecular weight excluding hydrogens is 210 g/mol. The molecule has 82 valence electrons. The topological polar surface area (TPSA) is 50.4 Å². The molecule has 1 aromatic heterocycles. The van der Waals surface area contributed by atoms with Gasteiger partial charge in [-0.2, -0.15) is 0 Å². The smallest absolute Gasteiger partial charge is 0.158 e. The number of aromatic nitrogens is 1. The summed E-state index contributed by atoms with van der Waals surface area (Å²) in [6.07, 6.45) is 1.15. The third-order valence-electron chi connectivity index (χ3n) is 2.30. The largest absolute Gasteiger partial charge is 0.361 e. The van der Waals surface area contributed by atoms with Gasteiger partial charge in [0.25, 0.3) is 0 Å². The van der Waals surface area contributed by atoms with Crippen molar-refractivity contribution in [2.75, 3.05) is 5.75 Å². The van der Waals surface area contributed by atoms with E-state index in [9.17, 15) is 0 Å². The van der Waals surface area contributed by atoms with Crippen molar-refractivity contribution in [3.8, 4) is 0 Å². The van der Waals surface area contributed by atoms with Crippen molar-refractivity contribution in [3.05, 3.63) is 17.5 Å². The Kier molecular flexibility index (Phi) is 3.30. The van der Waals surface area contributed by atoms with Crippen molar-refractivity contribution in [3.63, 3.8) is 0 Å². The van der Waals surface area contributed by atoms with Gasteiger partial charge in [-0.25, -0.2) is 0 Å². The summed E-state index contributed by atoms with van der Waals surface area (Å²) in [4.78, 5) is 4.44. The fourth-order valence-electron chi connectivity index (χ4n) is 1.39. The average molecular weight is 225 g/mol. The molecule has 5 heteroatoms. The summed E-state index contributed by atoms with van der Waals surface area (Å²) in [6, 6.07) is 2.49. The van der Waals surface area contributed by atoms with Crippen molar-refractivity contribution in [1.82, 2.24) is 10.5 Å². The van der Waals surface area contributed by atoms with Gasteiger partial charge in [-0.05, 0) is 13.3 Å². The summed E-state index contributed by atoms with van der Waals surface area (Å²) >= 11 is 1.78. The molecule has 1 fully saturated rings. The maximum atomic E-state index is 5.08. The van der Waals surface area contributed by atoms with Crippen molar-refractivity contribution >= 4 is 16.9 Å². The summed E-state index contributed by atoms with van der Waals surface area (Å²) in [5.41, 5.74) is 0.906. The Balaban J connectivity index is 1.89. The molecule has 2 rings (SSSR count). The van der Waals surface area contributed by atoms with Gasteiger partial charge in [0.05, 0.1) is 5.69 Å². The highest BCUT2D eigenvalue weighted by Crippen LogP contribution is 2.16. The average Bonchev–Trinajstić information content (AvgIpc) is 2.83. The van der Waals surface area contributed by atoms with Crippen LogP contribution in [-0.4, -0.2) is 22.1 Å². The van der Waals surface area contributed by atoms with Crippen LogP contribution in [0.1, 0.15) is 24.8 Å². The second-order valence-corrected chi connectivity index (χ2v) is 4.63. The first-order valence-corrected chi connectivity index (χ1v) is 6.12. The van der Waals surface area contributed by atoms with Crippen LogP contribution in [-0.2, 0) is 6.54 Å². The van der Waals surface area contributed by atoms with E-state index in [0.29, 0.717) is 12.6 Å². The predicted molar refractivity (Wildman–Crippen MR) is 62.1 cm³/mol. The second kappa shape index (κ2) is 4.70. The van der Waals surface area contributed by atoms with E-state index in [1.165, 1.54) is 0 Å². The standard InChI is InChI=1S/C10H15N3OS/c1-3-8-6-15-10(12-8)11-5-9-4-7(2)13-14-9/h4,8H,3,5-6H2,1-2H3,(H,11,12). The molecule has 1 aliphatic heterocycles. The van der Waals surface area contributed by atoms with Crippen LogP contribution in [0.4, 0.5) is 0 Å². The third kappa shape index (κ3) is 2.75. The lowest BCUT2D eigenvalue weighted by molar-refractivity contribution is 0.381. The lowest BCUT2D eigenvalue weighted by Gasteiger charge is -2.03. The molecule has 0 radical (unpaired) electrons. The van der Waals surface area contributed by atoms with Gasteiger partial charge in [-0.3, -0.25) is 4.99 Å². The molecule has 1 atom stereocenters. The van der Waals surface area contributed by atoms with Crippen molar-refractivity contribution < 1.29 is 4.52 Å².